The molecule has 0 saturated carbocycles. The van der Waals surface area contributed by atoms with Crippen LogP contribution in [0.15, 0.2) is 22.9 Å². The van der Waals surface area contributed by atoms with Gasteiger partial charge in [0, 0.05) is 15.8 Å². The Morgan fingerprint density at radius 3 is 2.88 bits per heavy atom. The maximum atomic E-state index is 12.3. The third-order valence-corrected chi connectivity index (χ3v) is 5.28. The smallest absolute Gasteiger partial charge is 0.341 e. The highest BCUT2D eigenvalue weighted by Gasteiger charge is 2.19. The molecule has 0 radical (unpaired) electrons. The first kappa shape index (κ1) is 18.2. The predicted molar refractivity (Wildman–Crippen MR) is 99.4 cm³/mol. The Labute approximate surface area is 157 Å². The second-order valence-corrected chi connectivity index (χ2v) is 7.15. The largest absolute Gasteiger partial charge is 0.462 e. The zero-order valence-electron chi connectivity index (χ0n) is 14.3. The van der Waals surface area contributed by atoms with Crippen LogP contribution in [-0.4, -0.2) is 38.7 Å². The minimum absolute atomic E-state index is 0.0985. The number of ether oxygens (including phenoxy) is 1. The molecule has 0 aliphatic carbocycles. The number of thiophene rings is 2. The Morgan fingerprint density at radius 1 is 1.35 bits per heavy atom. The number of carbonyl (C=O) groups is 2. The summed E-state index contributed by atoms with van der Waals surface area (Å²) in [5, 5.41) is 19.1. The molecule has 1 N–H and O–H groups in total. The number of hydrogen-bond donors (Lipinski definition) is 1. The van der Waals surface area contributed by atoms with Crippen LogP contribution >= 0.6 is 22.7 Å². The topological polar surface area (TPSA) is 99.0 Å². The predicted octanol–water partition coefficient (Wildman–Crippen LogP) is 2.84. The van der Waals surface area contributed by atoms with E-state index in [-0.39, 0.29) is 19.1 Å². The summed E-state index contributed by atoms with van der Waals surface area (Å²) in [6.45, 7) is 3.90. The zero-order chi connectivity index (χ0) is 18.5. The van der Waals surface area contributed by atoms with E-state index in [4.69, 9.17) is 4.74 Å². The summed E-state index contributed by atoms with van der Waals surface area (Å²) in [6.07, 6.45) is 0.765. The summed E-state index contributed by atoms with van der Waals surface area (Å²) in [4.78, 5) is 26.6. The molecule has 10 heteroatoms. The van der Waals surface area contributed by atoms with Crippen molar-refractivity contribution in [1.29, 1.82) is 0 Å². The molecule has 0 aliphatic heterocycles. The van der Waals surface area contributed by atoms with Gasteiger partial charge in [-0.15, -0.1) is 21.5 Å². The maximum absolute atomic E-state index is 12.3. The fraction of sp³-hybridized carbons (Fsp3) is 0.312. The molecule has 3 aromatic rings. The van der Waals surface area contributed by atoms with E-state index in [2.05, 4.69) is 20.7 Å². The Bertz CT molecular complexity index is 901. The van der Waals surface area contributed by atoms with Crippen LogP contribution in [0, 0.1) is 0 Å². The van der Waals surface area contributed by atoms with Gasteiger partial charge in [-0.1, -0.05) is 6.92 Å². The Balaban J connectivity index is 1.70. The molecular formula is C16H17N5O3S2. The molecule has 0 unspecified atom stereocenters. The van der Waals surface area contributed by atoms with Gasteiger partial charge >= 0.3 is 5.97 Å². The summed E-state index contributed by atoms with van der Waals surface area (Å²) >= 11 is 2.89. The lowest BCUT2D eigenvalue weighted by Gasteiger charge is -2.05. The van der Waals surface area contributed by atoms with Crippen molar-refractivity contribution in [2.45, 2.75) is 26.8 Å². The van der Waals surface area contributed by atoms with Crippen LogP contribution in [0.3, 0.4) is 0 Å². The number of aryl methyl sites for hydroxylation is 1. The van der Waals surface area contributed by atoms with Crippen LogP contribution < -0.4 is 5.32 Å². The lowest BCUT2D eigenvalue weighted by atomic mass is 10.2. The molecule has 0 atom stereocenters. The highest BCUT2D eigenvalue weighted by molar-refractivity contribution is 7.16. The molecule has 3 aromatic heterocycles. The quantitative estimate of drug-likeness (QED) is 0.622. The third-order valence-electron chi connectivity index (χ3n) is 3.40. The molecule has 0 spiro atoms. The lowest BCUT2D eigenvalue weighted by Crippen LogP contribution is -2.21. The van der Waals surface area contributed by atoms with Gasteiger partial charge in [-0.2, -0.15) is 16.1 Å². The normalized spacial score (nSPS) is 10.7. The number of tetrazole rings is 1. The number of esters is 1. The third kappa shape index (κ3) is 4.14. The summed E-state index contributed by atoms with van der Waals surface area (Å²) in [5.74, 6) is -0.317. The summed E-state index contributed by atoms with van der Waals surface area (Å²) in [6, 6.07) is 3.64. The van der Waals surface area contributed by atoms with Gasteiger partial charge in [0.1, 0.15) is 11.5 Å². The van der Waals surface area contributed by atoms with Crippen LogP contribution in [-0.2, 0) is 22.5 Å². The van der Waals surface area contributed by atoms with E-state index in [1.807, 2.05) is 23.8 Å². The first-order chi connectivity index (χ1) is 12.6. The molecule has 136 valence electrons. The van der Waals surface area contributed by atoms with E-state index in [1.54, 1.807) is 13.0 Å². The number of carbonyl (C=O) groups excluding carboxylic acids is 2. The zero-order valence-corrected chi connectivity index (χ0v) is 15.9. The average molecular weight is 391 g/mol. The highest BCUT2D eigenvalue weighted by Crippen LogP contribution is 2.29. The van der Waals surface area contributed by atoms with Gasteiger partial charge < -0.3 is 10.1 Å². The first-order valence-corrected chi connectivity index (χ1v) is 9.76. The number of nitrogens with one attached hydrogen (secondary N) is 1. The molecule has 3 rings (SSSR count). The van der Waals surface area contributed by atoms with E-state index in [1.165, 1.54) is 27.5 Å². The monoisotopic (exact) mass is 391 g/mol. The Hall–Kier alpha value is -2.59. The van der Waals surface area contributed by atoms with E-state index in [0.717, 1.165) is 16.9 Å². The van der Waals surface area contributed by atoms with Crippen molar-refractivity contribution in [3.63, 3.8) is 0 Å². The second kappa shape index (κ2) is 8.19. The minimum Gasteiger partial charge on any atom is -0.462 e. The fourth-order valence-electron chi connectivity index (χ4n) is 2.18. The van der Waals surface area contributed by atoms with Crippen molar-refractivity contribution in [2.75, 3.05) is 11.9 Å². The number of rotatable bonds is 7. The van der Waals surface area contributed by atoms with E-state index >= 15 is 0 Å². The first-order valence-electron chi connectivity index (χ1n) is 8.00. The Kier molecular flexibility index (Phi) is 5.74. The SMILES string of the molecule is CCOC(=O)c1cc(CC)sc1NC(=O)Cn1nnc(-c2ccsc2)n1. The van der Waals surface area contributed by atoms with Crippen LogP contribution in [0.2, 0.25) is 0 Å². The van der Waals surface area contributed by atoms with Gasteiger partial charge in [0.25, 0.3) is 0 Å². The average Bonchev–Trinajstić information content (AvgIpc) is 3.35. The molecule has 3 heterocycles. The van der Waals surface area contributed by atoms with Crippen LogP contribution in [0.5, 0.6) is 0 Å². The second-order valence-electron chi connectivity index (χ2n) is 5.23. The van der Waals surface area contributed by atoms with Crippen molar-refractivity contribution < 1.29 is 14.3 Å². The standard InChI is InChI=1S/C16H17N5O3S2/c1-3-11-7-12(16(23)24-4-2)15(26-11)17-13(22)8-21-19-14(18-20-21)10-5-6-25-9-10/h5-7,9H,3-4,8H2,1-2H3,(H,17,22). The highest BCUT2D eigenvalue weighted by atomic mass is 32.1. The summed E-state index contributed by atoms with van der Waals surface area (Å²) in [5.41, 5.74) is 1.23. The van der Waals surface area contributed by atoms with Crippen molar-refractivity contribution in [2.24, 2.45) is 0 Å². The van der Waals surface area contributed by atoms with Gasteiger partial charge in [-0.3, -0.25) is 4.79 Å². The molecule has 0 aliphatic rings. The molecule has 1 amide bonds. The molecule has 26 heavy (non-hydrogen) atoms. The van der Waals surface area contributed by atoms with Gasteiger partial charge in [0.2, 0.25) is 11.7 Å². The molecular weight excluding hydrogens is 374 g/mol. The lowest BCUT2D eigenvalue weighted by molar-refractivity contribution is -0.117. The summed E-state index contributed by atoms with van der Waals surface area (Å²) < 4.78 is 5.05. The number of anilines is 1. The van der Waals surface area contributed by atoms with E-state index in [9.17, 15) is 9.59 Å². The van der Waals surface area contributed by atoms with E-state index < -0.39 is 5.97 Å². The molecule has 0 aromatic carbocycles. The van der Waals surface area contributed by atoms with Crippen molar-refractivity contribution in [1.82, 2.24) is 20.2 Å². The van der Waals surface area contributed by atoms with Crippen LogP contribution in [0.25, 0.3) is 11.4 Å². The molecule has 8 nitrogen and oxygen atoms in total. The minimum atomic E-state index is -0.447. The molecule has 0 bridgehead atoms. The maximum Gasteiger partial charge on any atom is 0.341 e. The fourth-order valence-corrected chi connectivity index (χ4v) is 3.82. The van der Waals surface area contributed by atoms with Crippen molar-refractivity contribution >= 4 is 39.6 Å². The van der Waals surface area contributed by atoms with Crippen LogP contribution in [0.4, 0.5) is 5.00 Å². The summed E-state index contributed by atoms with van der Waals surface area (Å²) in [7, 11) is 0. The number of aromatic nitrogens is 4. The molecule has 0 fully saturated rings. The number of hydrogen-bond acceptors (Lipinski definition) is 8. The van der Waals surface area contributed by atoms with Gasteiger partial charge in [-0.05, 0) is 36.1 Å². The van der Waals surface area contributed by atoms with Crippen molar-refractivity contribution in [3.05, 3.63) is 33.3 Å². The van der Waals surface area contributed by atoms with Crippen molar-refractivity contribution in [3.8, 4) is 11.4 Å². The van der Waals surface area contributed by atoms with Gasteiger partial charge in [0.05, 0.1) is 12.2 Å². The molecule has 0 saturated heterocycles. The Morgan fingerprint density at radius 2 is 2.19 bits per heavy atom. The van der Waals surface area contributed by atoms with Gasteiger partial charge in [0.15, 0.2) is 0 Å². The van der Waals surface area contributed by atoms with Gasteiger partial charge in [-0.25, -0.2) is 4.79 Å². The van der Waals surface area contributed by atoms with Crippen LogP contribution in [0.1, 0.15) is 29.1 Å². The number of amides is 1. The van der Waals surface area contributed by atoms with E-state index in [0.29, 0.717) is 16.4 Å². The number of nitrogens with zero attached hydrogens (tertiary/aromatic N) is 4.